The highest BCUT2D eigenvalue weighted by molar-refractivity contribution is 5.89. The Bertz CT molecular complexity index is 657. The second-order valence-electron chi connectivity index (χ2n) is 7.44. The molecule has 2 unspecified atom stereocenters. The lowest BCUT2D eigenvalue weighted by molar-refractivity contribution is -0.0877. The molecule has 134 valence electrons. The molecule has 2 N–H and O–H groups in total. The van der Waals surface area contributed by atoms with Gasteiger partial charge in [0, 0.05) is 31.4 Å². The summed E-state index contributed by atoms with van der Waals surface area (Å²) in [5.41, 5.74) is 0.871. The lowest BCUT2D eigenvalue weighted by Crippen LogP contribution is -2.49. The van der Waals surface area contributed by atoms with Crippen LogP contribution in [0.15, 0.2) is 24.3 Å². The summed E-state index contributed by atoms with van der Waals surface area (Å²) in [5, 5.41) is 15.1. The predicted molar refractivity (Wildman–Crippen MR) is 94.4 cm³/mol. The molecule has 0 aromatic heterocycles. The van der Waals surface area contributed by atoms with Crippen LogP contribution in [-0.4, -0.2) is 37.5 Å². The molecule has 25 heavy (non-hydrogen) atoms. The molecular weight excluding hydrogens is 318 g/mol. The minimum Gasteiger partial charge on any atom is -0.378 e. The van der Waals surface area contributed by atoms with Crippen molar-refractivity contribution in [3.63, 3.8) is 0 Å². The first kappa shape index (κ1) is 17.7. The van der Waals surface area contributed by atoms with Crippen molar-refractivity contribution < 1.29 is 14.3 Å². The highest BCUT2D eigenvalue weighted by atomic mass is 16.6. The van der Waals surface area contributed by atoms with Gasteiger partial charge in [-0.3, -0.25) is 0 Å². The molecule has 2 amide bonds. The summed E-state index contributed by atoms with van der Waals surface area (Å²) in [4.78, 5) is 12.3. The maximum Gasteiger partial charge on any atom is 0.319 e. The van der Waals surface area contributed by atoms with Crippen LogP contribution in [0.25, 0.3) is 0 Å². The predicted octanol–water partition coefficient (Wildman–Crippen LogP) is 2.95. The number of carbonyl (C=O) groups is 1. The normalized spacial score (nSPS) is 26.2. The quantitative estimate of drug-likeness (QED) is 0.884. The lowest BCUT2D eigenvalue weighted by atomic mass is 9.86. The third kappa shape index (κ3) is 4.12. The van der Waals surface area contributed by atoms with Crippen molar-refractivity contribution >= 4 is 11.7 Å². The van der Waals surface area contributed by atoms with Gasteiger partial charge in [0.15, 0.2) is 0 Å². The van der Waals surface area contributed by atoms with Gasteiger partial charge in [0.05, 0.1) is 23.7 Å². The van der Waals surface area contributed by atoms with E-state index in [1.165, 1.54) is 0 Å². The Labute approximate surface area is 148 Å². The summed E-state index contributed by atoms with van der Waals surface area (Å²) in [6.45, 7) is 5.73. The van der Waals surface area contributed by atoms with Gasteiger partial charge in [-0.2, -0.15) is 5.26 Å². The molecule has 2 atom stereocenters. The van der Waals surface area contributed by atoms with E-state index < -0.39 is 5.41 Å². The van der Waals surface area contributed by atoms with E-state index in [0.29, 0.717) is 18.9 Å². The van der Waals surface area contributed by atoms with Crippen molar-refractivity contribution in [2.45, 2.75) is 50.2 Å². The number of hydrogen-bond acceptors (Lipinski definition) is 4. The fraction of sp³-hybridized carbons (Fsp3) is 0.579. The first-order chi connectivity index (χ1) is 11.9. The molecule has 1 aromatic carbocycles. The highest BCUT2D eigenvalue weighted by Crippen LogP contribution is 2.32. The summed E-state index contributed by atoms with van der Waals surface area (Å²) < 4.78 is 11.3. The van der Waals surface area contributed by atoms with Gasteiger partial charge in [-0.1, -0.05) is 12.1 Å². The maximum atomic E-state index is 12.3. The van der Waals surface area contributed by atoms with Crippen molar-refractivity contribution in [3.8, 4) is 6.07 Å². The lowest BCUT2D eigenvalue weighted by Gasteiger charge is -2.37. The second kappa shape index (κ2) is 7.03. The first-order valence-electron chi connectivity index (χ1n) is 8.74. The van der Waals surface area contributed by atoms with E-state index in [-0.39, 0.29) is 17.7 Å². The Kier molecular flexibility index (Phi) is 4.98. The SMILES string of the molecule is CC(C)(C#N)c1ccc(NC(=O)NC2CCOC3(CCOC3)C2)cc1. The van der Waals surface area contributed by atoms with Crippen LogP contribution in [-0.2, 0) is 14.9 Å². The minimum absolute atomic E-state index is 0.0900. The van der Waals surface area contributed by atoms with E-state index in [0.717, 1.165) is 31.4 Å². The first-order valence-corrected chi connectivity index (χ1v) is 8.74. The Morgan fingerprint density at radius 3 is 2.72 bits per heavy atom. The number of hydrogen-bond donors (Lipinski definition) is 2. The molecule has 1 spiro atoms. The number of nitriles is 1. The number of nitrogens with one attached hydrogen (secondary N) is 2. The summed E-state index contributed by atoms with van der Waals surface area (Å²) in [6, 6.07) is 9.54. The maximum absolute atomic E-state index is 12.3. The monoisotopic (exact) mass is 343 g/mol. The summed E-state index contributed by atoms with van der Waals surface area (Å²) in [5.74, 6) is 0. The topological polar surface area (TPSA) is 83.4 Å². The van der Waals surface area contributed by atoms with E-state index in [1.807, 2.05) is 38.1 Å². The van der Waals surface area contributed by atoms with Crippen LogP contribution < -0.4 is 10.6 Å². The molecule has 2 saturated heterocycles. The standard InChI is InChI=1S/C19H25N3O3/c1-18(2,12-20)14-3-5-15(6-4-14)21-17(23)22-16-7-9-25-19(11-16)8-10-24-13-19/h3-6,16H,7-11,13H2,1-2H3,(H2,21,22,23). The smallest absolute Gasteiger partial charge is 0.319 e. The Morgan fingerprint density at radius 2 is 2.08 bits per heavy atom. The van der Waals surface area contributed by atoms with Crippen LogP contribution in [0.5, 0.6) is 0 Å². The zero-order valence-corrected chi connectivity index (χ0v) is 14.8. The number of rotatable bonds is 3. The third-order valence-corrected chi connectivity index (χ3v) is 5.04. The number of urea groups is 1. The molecule has 2 aliphatic heterocycles. The third-order valence-electron chi connectivity index (χ3n) is 5.04. The van der Waals surface area contributed by atoms with Crippen LogP contribution in [0.3, 0.4) is 0 Å². The second-order valence-corrected chi connectivity index (χ2v) is 7.44. The van der Waals surface area contributed by atoms with E-state index in [1.54, 1.807) is 0 Å². The van der Waals surface area contributed by atoms with Gasteiger partial charge in [-0.15, -0.1) is 0 Å². The Balaban J connectivity index is 1.55. The minimum atomic E-state index is -0.541. The molecule has 6 heteroatoms. The molecule has 0 radical (unpaired) electrons. The van der Waals surface area contributed by atoms with Gasteiger partial charge >= 0.3 is 6.03 Å². The average molecular weight is 343 g/mol. The fourth-order valence-electron chi connectivity index (χ4n) is 3.40. The van der Waals surface area contributed by atoms with Crippen molar-refractivity contribution in [3.05, 3.63) is 29.8 Å². The molecule has 0 saturated carbocycles. The zero-order valence-electron chi connectivity index (χ0n) is 14.8. The molecule has 0 aliphatic carbocycles. The average Bonchev–Trinajstić information content (AvgIpc) is 3.03. The number of benzene rings is 1. The van der Waals surface area contributed by atoms with Crippen LogP contribution >= 0.6 is 0 Å². The largest absolute Gasteiger partial charge is 0.378 e. The van der Waals surface area contributed by atoms with Crippen molar-refractivity contribution in [2.24, 2.45) is 0 Å². The molecule has 2 aliphatic rings. The molecule has 2 heterocycles. The molecule has 3 rings (SSSR count). The van der Waals surface area contributed by atoms with Crippen LogP contribution in [0.1, 0.15) is 38.7 Å². The fourth-order valence-corrected chi connectivity index (χ4v) is 3.40. The highest BCUT2D eigenvalue weighted by Gasteiger charge is 2.41. The molecule has 1 aromatic rings. The van der Waals surface area contributed by atoms with E-state index >= 15 is 0 Å². The molecule has 0 bridgehead atoms. The number of anilines is 1. The molecular formula is C19H25N3O3. The van der Waals surface area contributed by atoms with E-state index in [4.69, 9.17) is 9.47 Å². The van der Waals surface area contributed by atoms with Gasteiger partial charge in [-0.05, 0) is 44.4 Å². The van der Waals surface area contributed by atoms with Crippen molar-refractivity contribution in [2.75, 3.05) is 25.1 Å². The van der Waals surface area contributed by atoms with Gasteiger partial charge in [0.2, 0.25) is 0 Å². The van der Waals surface area contributed by atoms with Gasteiger partial charge < -0.3 is 20.1 Å². The number of carbonyl (C=O) groups excluding carboxylic acids is 1. The van der Waals surface area contributed by atoms with Crippen LogP contribution in [0, 0.1) is 11.3 Å². The van der Waals surface area contributed by atoms with E-state index in [2.05, 4.69) is 16.7 Å². The van der Waals surface area contributed by atoms with Gasteiger partial charge in [0.25, 0.3) is 0 Å². The van der Waals surface area contributed by atoms with Gasteiger partial charge in [0.1, 0.15) is 0 Å². The van der Waals surface area contributed by atoms with E-state index in [9.17, 15) is 10.1 Å². The van der Waals surface area contributed by atoms with Crippen LogP contribution in [0.2, 0.25) is 0 Å². The summed E-state index contributed by atoms with van der Waals surface area (Å²) in [7, 11) is 0. The molecule has 2 fully saturated rings. The number of amides is 2. The number of ether oxygens (including phenoxy) is 2. The van der Waals surface area contributed by atoms with Crippen LogP contribution in [0.4, 0.5) is 10.5 Å². The zero-order chi connectivity index (χ0) is 17.9. The Morgan fingerprint density at radius 1 is 1.32 bits per heavy atom. The molecule has 6 nitrogen and oxygen atoms in total. The summed E-state index contributed by atoms with van der Waals surface area (Å²) in [6.07, 6.45) is 2.49. The summed E-state index contributed by atoms with van der Waals surface area (Å²) >= 11 is 0. The number of nitrogens with zero attached hydrogens (tertiary/aromatic N) is 1. The van der Waals surface area contributed by atoms with Gasteiger partial charge in [-0.25, -0.2) is 4.79 Å². The van der Waals surface area contributed by atoms with Crippen molar-refractivity contribution in [1.29, 1.82) is 5.26 Å². The van der Waals surface area contributed by atoms with Crippen molar-refractivity contribution in [1.82, 2.24) is 5.32 Å². The Hall–Kier alpha value is -2.10.